The van der Waals surface area contributed by atoms with Crippen LogP contribution in [0.5, 0.6) is 0 Å². The van der Waals surface area contributed by atoms with Gasteiger partial charge in [0.2, 0.25) is 0 Å². The predicted octanol–water partition coefficient (Wildman–Crippen LogP) is 4.22. The second-order valence-electron chi connectivity index (χ2n) is 6.67. The van der Waals surface area contributed by atoms with Crippen LogP contribution in [0.15, 0.2) is 22.7 Å². The zero-order valence-corrected chi connectivity index (χ0v) is 17.0. The Balaban J connectivity index is 2.74. The maximum absolute atomic E-state index is 11.8. The van der Waals surface area contributed by atoms with Gasteiger partial charge in [0.05, 0.1) is 16.7 Å². The van der Waals surface area contributed by atoms with E-state index in [9.17, 15) is 9.90 Å². The summed E-state index contributed by atoms with van der Waals surface area (Å²) in [5.41, 5.74) is 0. The third-order valence-corrected chi connectivity index (χ3v) is 5.53. The molecule has 1 N–H and O–H groups in total. The lowest BCUT2D eigenvalue weighted by Gasteiger charge is -2.35. The largest absolute Gasteiger partial charge is 0.458 e. The maximum Gasteiger partial charge on any atom is 0.345 e. The number of methoxy groups -OCH3 is 1. The van der Waals surface area contributed by atoms with Crippen molar-refractivity contribution in [2.75, 3.05) is 7.11 Å². The molecule has 1 rings (SSSR count). The van der Waals surface area contributed by atoms with Gasteiger partial charge in [-0.3, -0.25) is 0 Å². The highest BCUT2D eigenvalue weighted by molar-refractivity contribution is 9.12. The molecule has 1 aliphatic heterocycles. The monoisotopic (exact) mass is 402 g/mol. The number of esters is 1. The Morgan fingerprint density at radius 2 is 2.12 bits per heavy atom. The minimum Gasteiger partial charge on any atom is -0.458 e. The number of aliphatic hydroxyl groups is 1. The predicted molar refractivity (Wildman–Crippen MR) is 99.9 cm³/mol. The number of ether oxygens (including phenoxy) is 2. The summed E-state index contributed by atoms with van der Waals surface area (Å²) in [6.45, 7) is 8.19. The molecule has 0 fully saturated rings. The van der Waals surface area contributed by atoms with Crippen LogP contribution < -0.4 is 0 Å². The van der Waals surface area contributed by atoms with Crippen LogP contribution in [0.4, 0.5) is 0 Å². The fourth-order valence-electron chi connectivity index (χ4n) is 3.37. The van der Waals surface area contributed by atoms with Crippen molar-refractivity contribution in [1.82, 2.24) is 0 Å². The zero-order chi connectivity index (χ0) is 18.3. The molecule has 0 bridgehead atoms. The summed E-state index contributed by atoms with van der Waals surface area (Å²) in [5.74, 6) is 0.0382. The maximum atomic E-state index is 11.8. The molecule has 4 nitrogen and oxygen atoms in total. The molecule has 1 heterocycles. The van der Waals surface area contributed by atoms with Crippen LogP contribution in [0.1, 0.15) is 47.0 Å². The van der Waals surface area contributed by atoms with Gasteiger partial charge in [0.25, 0.3) is 0 Å². The molecule has 5 heteroatoms. The highest BCUT2D eigenvalue weighted by atomic mass is 79.9. The van der Waals surface area contributed by atoms with Gasteiger partial charge in [-0.15, -0.1) is 0 Å². The van der Waals surface area contributed by atoms with E-state index in [0.717, 1.165) is 12.8 Å². The van der Waals surface area contributed by atoms with Crippen molar-refractivity contribution in [3.8, 4) is 0 Å². The molecular formula is C19H31BrO4. The van der Waals surface area contributed by atoms with Gasteiger partial charge >= 0.3 is 5.97 Å². The number of rotatable bonds is 9. The van der Waals surface area contributed by atoms with Gasteiger partial charge in [-0.2, -0.15) is 0 Å². The summed E-state index contributed by atoms with van der Waals surface area (Å²) in [6, 6.07) is 0. The molecule has 6 atom stereocenters. The molecule has 0 amide bonds. The Kier molecular flexibility index (Phi) is 9.24. The lowest BCUT2D eigenvalue weighted by atomic mass is 9.83. The second-order valence-corrected chi connectivity index (χ2v) is 7.53. The van der Waals surface area contributed by atoms with E-state index in [0.29, 0.717) is 16.8 Å². The molecule has 138 valence electrons. The first-order valence-electron chi connectivity index (χ1n) is 8.75. The first-order chi connectivity index (χ1) is 11.3. The van der Waals surface area contributed by atoms with E-state index in [-0.39, 0.29) is 30.0 Å². The Labute approximate surface area is 154 Å². The molecule has 0 unspecified atom stereocenters. The van der Waals surface area contributed by atoms with Crippen LogP contribution in [-0.2, 0) is 14.3 Å². The van der Waals surface area contributed by atoms with Crippen molar-refractivity contribution in [3.05, 3.63) is 22.7 Å². The van der Waals surface area contributed by atoms with E-state index in [1.165, 1.54) is 0 Å². The average molecular weight is 403 g/mol. The molecule has 0 aromatic carbocycles. The van der Waals surface area contributed by atoms with E-state index in [1.54, 1.807) is 7.11 Å². The van der Waals surface area contributed by atoms with Gasteiger partial charge in [0.15, 0.2) is 0 Å². The Morgan fingerprint density at radius 3 is 2.67 bits per heavy atom. The van der Waals surface area contributed by atoms with E-state index in [4.69, 9.17) is 9.47 Å². The van der Waals surface area contributed by atoms with Crippen molar-refractivity contribution in [2.24, 2.45) is 17.8 Å². The van der Waals surface area contributed by atoms with Crippen molar-refractivity contribution in [2.45, 2.75) is 65.3 Å². The highest BCUT2D eigenvalue weighted by Crippen LogP contribution is 2.31. The van der Waals surface area contributed by atoms with E-state index >= 15 is 0 Å². The van der Waals surface area contributed by atoms with Gasteiger partial charge in [-0.05, 0) is 41.6 Å². The molecule has 1 aliphatic rings. The number of carbonyl (C=O) groups is 1. The van der Waals surface area contributed by atoms with Crippen LogP contribution in [0.2, 0.25) is 0 Å². The lowest BCUT2D eigenvalue weighted by molar-refractivity contribution is -0.150. The molecule has 0 aliphatic carbocycles. The fourth-order valence-corrected chi connectivity index (χ4v) is 3.80. The normalized spacial score (nSPS) is 26.6. The van der Waals surface area contributed by atoms with Gasteiger partial charge < -0.3 is 14.6 Å². The topological polar surface area (TPSA) is 55.8 Å². The third-order valence-electron chi connectivity index (χ3n) is 4.94. The van der Waals surface area contributed by atoms with Gasteiger partial charge in [-0.25, -0.2) is 4.79 Å². The quantitative estimate of drug-likeness (QED) is 0.463. The van der Waals surface area contributed by atoms with Gasteiger partial charge in [0.1, 0.15) is 6.10 Å². The van der Waals surface area contributed by atoms with Gasteiger partial charge in [-0.1, -0.05) is 39.0 Å². The summed E-state index contributed by atoms with van der Waals surface area (Å²) < 4.78 is 11.6. The van der Waals surface area contributed by atoms with Crippen molar-refractivity contribution >= 4 is 21.9 Å². The Morgan fingerprint density at radius 1 is 1.46 bits per heavy atom. The Bertz CT molecular complexity index is 460. The number of aliphatic hydroxyl groups excluding tert-OH is 1. The third kappa shape index (κ3) is 5.71. The number of hydrogen-bond acceptors (Lipinski definition) is 4. The fraction of sp³-hybridized carbons (Fsp3) is 0.737. The molecular weight excluding hydrogens is 372 g/mol. The molecule has 0 spiro atoms. The summed E-state index contributed by atoms with van der Waals surface area (Å²) >= 11 is 3.23. The molecule has 0 saturated carbocycles. The standard InChI is InChI=1S/C19H31BrO4/c1-6-8-9-12(3)18(23-5)13(4)16(21)11-17-14(7-2)10-15(20)19(22)24-17/h6,8,10,12-14,16-18,21H,7,9,11H2,1-5H3/b8-6+/t12-,13-,14+,16+,17+,18+/m0/s1. The first-order valence-corrected chi connectivity index (χ1v) is 9.55. The smallest absolute Gasteiger partial charge is 0.345 e. The molecule has 0 aromatic heterocycles. The number of hydrogen-bond donors (Lipinski definition) is 1. The van der Waals surface area contributed by atoms with Crippen LogP contribution in [0, 0.1) is 17.8 Å². The van der Waals surface area contributed by atoms with E-state index < -0.39 is 6.10 Å². The van der Waals surface area contributed by atoms with Crippen LogP contribution in [-0.4, -0.2) is 36.5 Å². The summed E-state index contributed by atoms with van der Waals surface area (Å²) in [4.78, 5) is 11.8. The first kappa shape index (κ1) is 21.4. The SMILES string of the molecule is C/C=C/C[C@H](C)[C@@H](OC)[C@@H](C)[C@H](O)C[C@H]1OC(=O)C(Br)=C[C@H]1CC. The van der Waals surface area contributed by atoms with Crippen LogP contribution in [0.25, 0.3) is 0 Å². The Hall–Kier alpha value is -0.650. The van der Waals surface area contributed by atoms with Gasteiger partial charge in [0, 0.05) is 25.4 Å². The highest BCUT2D eigenvalue weighted by Gasteiger charge is 2.35. The van der Waals surface area contributed by atoms with E-state index in [2.05, 4.69) is 35.9 Å². The summed E-state index contributed by atoms with van der Waals surface area (Å²) in [6.07, 6.45) is 7.34. The van der Waals surface area contributed by atoms with Crippen LogP contribution in [0.3, 0.4) is 0 Å². The van der Waals surface area contributed by atoms with Crippen molar-refractivity contribution in [3.63, 3.8) is 0 Å². The van der Waals surface area contributed by atoms with Crippen molar-refractivity contribution < 1.29 is 19.4 Å². The minimum absolute atomic E-state index is 0.0409. The summed E-state index contributed by atoms with van der Waals surface area (Å²) in [5, 5.41) is 10.7. The second kappa shape index (κ2) is 10.4. The average Bonchev–Trinajstić information content (AvgIpc) is 2.56. The van der Waals surface area contributed by atoms with Crippen molar-refractivity contribution in [1.29, 1.82) is 0 Å². The lowest BCUT2D eigenvalue weighted by Crippen LogP contribution is -2.40. The number of carbonyl (C=O) groups excluding carboxylic acids is 1. The minimum atomic E-state index is -0.583. The molecule has 0 aromatic rings. The molecule has 0 radical (unpaired) electrons. The zero-order valence-electron chi connectivity index (χ0n) is 15.4. The molecule has 0 saturated heterocycles. The summed E-state index contributed by atoms with van der Waals surface area (Å²) in [7, 11) is 1.69. The number of halogens is 1. The number of allylic oxidation sites excluding steroid dienone is 2. The van der Waals surface area contributed by atoms with E-state index in [1.807, 2.05) is 26.0 Å². The van der Waals surface area contributed by atoms with Crippen LogP contribution >= 0.6 is 15.9 Å². The molecule has 24 heavy (non-hydrogen) atoms. The number of cyclic esters (lactones) is 1.